The Balaban J connectivity index is 2.51. The monoisotopic (exact) mass is 361 g/mol. The van der Waals surface area contributed by atoms with Crippen LogP contribution in [0.2, 0.25) is 0 Å². The van der Waals surface area contributed by atoms with Gasteiger partial charge in [-0.2, -0.15) is 0 Å². The van der Waals surface area contributed by atoms with Gasteiger partial charge >= 0.3 is 0 Å². The van der Waals surface area contributed by atoms with E-state index in [1.54, 1.807) is 13.0 Å². The topological polar surface area (TPSA) is 58.6 Å². The Morgan fingerprint density at radius 3 is 2.58 bits per heavy atom. The molecule has 0 aliphatic carbocycles. The van der Waals surface area contributed by atoms with Gasteiger partial charge in [0.05, 0.1) is 6.61 Å². The lowest BCUT2D eigenvalue weighted by atomic mass is 9.93. The summed E-state index contributed by atoms with van der Waals surface area (Å²) in [4.78, 5) is 11.6. The van der Waals surface area contributed by atoms with Crippen LogP contribution in [0, 0.1) is 5.92 Å². The molecule has 1 rings (SSSR count). The number of nitrogens with one attached hydrogen (secondary N) is 1. The maximum Gasteiger partial charge on any atom is 0.154 e. The largest absolute Gasteiger partial charge is 0.396 e. The molecule has 0 fully saturated rings. The van der Waals surface area contributed by atoms with Gasteiger partial charge in [-0.1, -0.05) is 50.6 Å². The molecule has 0 spiro atoms. The zero-order valence-corrected chi connectivity index (χ0v) is 16.5. The van der Waals surface area contributed by atoms with Crippen molar-refractivity contribution in [2.75, 3.05) is 13.2 Å². The number of benzene rings is 1. The first kappa shape index (κ1) is 22.4. The molecular weight excluding hydrogens is 326 g/mol. The molecule has 0 unspecified atom stereocenters. The second kappa shape index (κ2) is 13.5. The zero-order chi connectivity index (χ0) is 19.2. The zero-order valence-electron chi connectivity index (χ0n) is 16.5. The highest BCUT2D eigenvalue weighted by molar-refractivity contribution is 5.87. The van der Waals surface area contributed by atoms with E-state index in [-0.39, 0.29) is 24.3 Å². The number of aliphatic hydroxyl groups is 1. The van der Waals surface area contributed by atoms with Gasteiger partial charge in [0.1, 0.15) is 0 Å². The number of ether oxygens (including phenoxy) is 1. The van der Waals surface area contributed by atoms with Crippen molar-refractivity contribution in [1.82, 2.24) is 5.32 Å². The van der Waals surface area contributed by atoms with Crippen molar-refractivity contribution in [2.45, 2.75) is 65.5 Å². The van der Waals surface area contributed by atoms with Crippen molar-refractivity contribution in [3.05, 3.63) is 47.7 Å². The molecule has 2 atom stereocenters. The average molecular weight is 362 g/mol. The van der Waals surface area contributed by atoms with E-state index < -0.39 is 0 Å². The number of hydrogen-bond donors (Lipinski definition) is 2. The molecule has 0 saturated heterocycles. The van der Waals surface area contributed by atoms with Crippen LogP contribution in [0.15, 0.2) is 42.1 Å². The third-order valence-electron chi connectivity index (χ3n) is 4.52. The van der Waals surface area contributed by atoms with Gasteiger partial charge in [0.25, 0.3) is 0 Å². The van der Waals surface area contributed by atoms with Crippen LogP contribution in [-0.2, 0) is 16.1 Å². The maximum absolute atomic E-state index is 11.6. The van der Waals surface area contributed by atoms with Crippen molar-refractivity contribution in [1.29, 1.82) is 0 Å². The Morgan fingerprint density at radius 2 is 2.00 bits per heavy atom. The fraction of sp³-hybridized carbons (Fsp3) is 0.591. The van der Waals surface area contributed by atoms with E-state index in [1.165, 1.54) is 5.56 Å². The minimum absolute atomic E-state index is 0.0463. The first-order chi connectivity index (χ1) is 12.6. The first-order valence-corrected chi connectivity index (χ1v) is 9.80. The molecular formula is C22H35NO3. The van der Waals surface area contributed by atoms with Crippen molar-refractivity contribution < 1.29 is 14.6 Å². The van der Waals surface area contributed by atoms with Crippen LogP contribution in [0.1, 0.15) is 58.4 Å². The summed E-state index contributed by atoms with van der Waals surface area (Å²) < 4.78 is 5.74. The summed E-state index contributed by atoms with van der Waals surface area (Å²) in [6.07, 6.45) is 6.26. The number of ketones is 1. The molecule has 4 nitrogen and oxygen atoms in total. The van der Waals surface area contributed by atoms with Crippen molar-refractivity contribution >= 4 is 5.78 Å². The number of carbonyl (C=O) groups is 1. The summed E-state index contributed by atoms with van der Waals surface area (Å²) in [6, 6.07) is 10.3. The molecule has 0 aromatic heterocycles. The minimum atomic E-state index is 0.0463. The summed E-state index contributed by atoms with van der Waals surface area (Å²) in [7, 11) is 0. The normalized spacial score (nSPS) is 14.1. The van der Waals surface area contributed by atoms with Crippen LogP contribution in [0.4, 0.5) is 0 Å². The Labute approximate surface area is 158 Å². The van der Waals surface area contributed by atoms with Crippen LogP contribution >= 0.6 is 0 Å². The number of carbonyl (C=O) groups excluding carboxylic acids is 1. The highest BCUT2D eigenvalue weighted by atomic mass is 16.5. The molecule has 0 aliphatic heterocycles. The van der Waals surface area contributed by atoms with E-state index in [0.29, 0.717) is 13.2 Å². The summed E-state index contributed by atoms with van der Waals surface area (Å²) in [5, 5.41) is 13.1. The van der Waals surface area contributed by atoms with Gasteiger partial charge in [-0.15, -0.1) is 0 Å². The third kappa shape index (κ3) is 9.16. The number of allylic oxidation sites excluding steroid dienone is 2. The van der Waals surface area contributed by atoms with Crippen LogP contribution in [0.5, 0.6) is 0 Å². The van der Waals surface area contributed by atoms with Gasteiger partial charge in [0, 0.05) is 30.9 Å². The lowest BCUT2D eigenvalue weighted by Gasteiger charge is -2.28. The molecule has 26 heavy (non-hydrogen) atoms. The number of aliphatic hydroxyl groups excluding tert-OH is 1. The highest BCUT2D eigenvalue weighted by Gasteiger charge is 2.19. The van der Waals surface area contributed by atoms with Crippen molar-refractivity contribution in [3.63, 3.8) is 0 Å². The van der Waals surface area contributed by atoms with Crippen LogP contribution < -0.4 is 5.32 Å². The van der Waals surface area contributed by atoms with E-state index in [0.717, 1.165) is 37.8 Å². The average Bonchev–Trinajstić information content (AvgIpc) is 2.63. The molecule has 0 heterocycles. The van der Waals surface area contributed by atoms with E-state index in [1.807, 2.05) is 18.2 Å². The van der Waals surface area contributed by atoms with Gasteiger partial charge in [0.2, 0.25) is 0 Å². The smallest absolute Gasteiger partial charge is 0.154 e. The van der Waals surface area contributed by atoms with Crippen molar-refractivity contribution in [2.24, 2.45) is 5.92 Å². The molecule has 0 radical (unpaired) electrons. The standard InChI is InChI=1S/C22H35NO3/c1-4-10-22(20(5-2)16-24)23-21(15-18(3)25)13-9-14-26-17-19-11-7-6-8-12-19/h6-8,11-12,15,20,22-24H,4-5,9-10,13-14,16-17H2,1-3H3/b21-15+/t20-,22+/m0/s1. The Bertz CT molecular complexity index is 523. The Kier molecular flexibility index (Phi) is 11.7. The molecule has 1 aromatic rings. The molecule has 0 saturated carbocycles. The van der Waals surface area contributed by atoms with E-state index in [9.17, 15) is 9.90 Å². The van der Waals surface area contributed by atoms with Gasteiger partial charge in [-0.05, 0) is 44.2 Å². The predicted molar refractivity (Wildman–Crippen MR) is 107 cm³/mol. The lowest BCUT2D eigenvalue weighted by Crippen LogP contribution is -2.37. The Hall–Kier alpha value is -1.65. The van der Waals surface area contributed by atoms with Gasteiger partial charge < -0.3 is 15.2 Å². The highest BCUT2D eigenvalue weighted by Crippen LogP contribution is 2.16. The molecule has 0 amide bonds. The molecule has 0 bridgehead atoms. The number of hydrogen-bond acceptors (Lipinski definition) is 4. The van der Waals surface area contributed by atoms with Crippen LogP contribution in [0.25, 0.3) is 0 Å². The molecule has 2 N–H and O–H groups in total. The quantitative estimate of drug-likeness (QED) is 0.384. The second-order valence-electron chi connectivity index (χ2n) is 6.81. The summed E-state index contributed by atoms with van der Waals surface area (Å²) in [5.41, 5.74) is 2.12. The van der Waals surface area contributed by atoms with Crippen molar-refractivity contribution in [3.8, 4) is 0 Å². The molecule has 0 aliphatic rings. The van der Waals surface area contributed by atoms with Gasteiger partial charge in [0.15, 0.2) is 5.78 Å². The number of rotatable bonds is 14. The van der Waals surface area contributed by atoms with Crippen LogP contribution in [-0.4, -0.2) is 30.1 Å². The summed E-state index contributed by atoms with van der Waals surface area (Å²) in [6.45, 7) is 7.25. The predicted octanol–water partition coefficient (Wildman–Crippen LogP) is 4.23. The third-order valence-corrected chi connectivity index (χ3v) is 4.52. The molecule has 4 heteroatoms. The van der Waals surface area contributed by atoms with Gasteiger partial charge in [-0.3, -0.25) is 4.79 Å². The van der Waals surface area contributed by atoms with E-state index >= 15 is 0 Å². The fourth-order valence-electron chi connectivity index (χ4n) is 3.08. The van der Waals surface area contributed by atoms with E-state index in [4.69, 9.17) is 4.74 Å². The maximum atomic E-state index is 11.6. The van der Waals surface area contributed by atoms with Gasteiger partial charge in [-0.25, -0.2) is 0 Å². The molecule has 146 valence electrons. The minimum Gasteiger partial charge on any atom is -0.396 e. The van der Waals surface area contributed by atoms with Crippen LogP contribution in [0.3, 0.4) is 0 Å². The summed E-state index contributed by atoms with van der Waals surface area (Å²) >= 11 is 0. The summed E-state index contributed by atoms with van der Waals surface area (Å²) in [5.74, 6) is 0.254. The molecule has 1 aromatic carbocycles. The Morgan fingerprint density at radius 1 is 1.27 bits per heavy atom. The first-order valence-electron chi connectivity index (χ1n) is 9.80. The lowest BCUT2D eigenvalue weighted by molar-refractivity contribution is -0.112. The van der Waals surface area contributed by atoms with E-state index in [2.05, 4.69) is 31.3 Å². The SMILES string of the molecule is CCC[C@@H](N/C(=C/C(C)=O)CCCOCc1ccccc1)[C@@H](CC)CO. The fourth-order valence-corrected chi connectivity index (χ4v) is 3.08. The second-order valence-corrected chi connectivity index (χ2v) is 6.81.